The molecule has 49 valence electrons. The van der Waals surface area contributed by atoms with Gasteiger partial charge in [-0.1, -0.05) is 13.8 Å². The fourth-order valence-corrected chi connectivity index (χ4v) is 0.715. The van der Waals surface area contributed by atoms with Gasteiger partial charge in [0.05, 0.1) is 5.88 Å². The molecule has 1 atom stereocenters. The molecule has 0 heterocycles. The van der Waals surface area contributed by atoms with E-state index in [0.29, 0.717) is 12.3 Å². The van der Waals surface area contributed by atoms with Crippen molar-refractivity contribution in [2.45, 2.75) is 26.4 Å². The van der Waals surface area contributed by atoms with E-state index in [4.69, 9.17) is 11.6 Å². The van der Waals surface area contributed by atoms with E-state index in [2.05, 4.69) is 0 Å². The Balaban J connectivity index is 3.10. The first-order chi connectivity index (χ1) is 3.66. The van der Waals surface area contributed by atoms with Crippen molar-refractivity contribution < 1.29 is 5.11 Å². The highest BCUT2D eigenvalue weighted by Crippen LogP contribution is 2.05. The number of hydrogen-bond donors (Lipinski definition) is 0. The highest BCUT2D eigenvalue weighted by atomic mass is 35.5. The fourth-order valence-electron chi connectivity index (χ4n) is 0.589. The topological polar surface area (TPSA) is 19.9 Å². The number of alkyl halides is 1. The van der Waals surface area contributed by atoms with Crippen molar-refractivity contribution in [3.63, 3.8) is 0 Å². The molecular weight excluding hydrogens is 124 g/mol. The molecule has 0 fully saturated rings. The van der Waals surface area contributed by atoms with Crippen LogP contribution in [-0.2, 0) is 5.11 Å². The quantitative estimate of drug-likeness (QED) is 0.528. The summed E-state index contributed by atoms with van der Waals surface area (Å²) in [6.45, 7) is 4.05. The lowest BCUT2D eigenvalue weighted by Crippen LogP contribution is -2.09. The third kappa shape index (κ3) is 4.41. The smallest absolute Gasteiger partial charge is 0.107 e. The molecule has 0 aromatic carbocycles. The molecule has 0 aliphatic rings. The maximum absolute atomic E-state index is 10.6. The Morgan fingerprint density at radius 1 is 1.50 bits per heavy atom. The predicted octanol–water partition coefficient (Wildman–Crippen LogP) is 2.07. The number of hydrogen-bond acceptors (Lipinski definition) is 0. The molecule has 0 amide bonds. The molecule has 0 spiro atoms. The number of halogens is 1. The molecule has 0 rings (SSSR count). The lowest BCUT2D eigenvalue weighted by atomic mass is 10.1. The van der Waals surface area contributed by atoms with Crippen molar-refractivity contribution in [2.24, 2.45) is 5.92 Å². The van der Waals surface area contributed by atoms with E-state index in [0.717, 1.165) is 0 Å². The summed E-state index contributed by atoms with van der Waals surface area (Å²) in [5, 5.41) is 10.6. The summed E-state index contributed by atoms with van der Waals surface area (Å²) in [5.41, 5.74) is 0. The molecule has 0 aromatic heterocycles. The molecule has 8 heavy (non-hydrogen) atoms. The molecule has 0 aliphatic carbocycles. The minimum Gasteiger partial charge on any atom is -0.232 e. The second-order valence-corrected chi connectivity index (χ2v) is 2.71. The van der Waals surface area contributed by atoms with Crippen LogP contribution in [0.25, 0.3) is 0 Å². The van der Waals surface area contributed by atoms with Crippen LogP contribution in [0.2, 0.25) is 0 Å². The first-order valence-electron chi connectivity index (χ1n) is 2.88. The lowest BCUT2D eigenvalue weighted by Gasteiger charge is -2.05. The maximum atomic E-state index is 10.6. The highest BCUT2D eigenvalue weighted by molar-refractivity contribution is 6.18. The van der Waals surface area contributed by atoms with Gasteiger partial charge in [-0.05, 0) is 12.3 Å². The van der Waals surface area contributed by atoms with Crippen molar-refractivity contribution in [1.29, 1.82) is 0 Å². The Labute approximate surface area is 55.7 Å². The normalized spacial score (nSPS) is 14.6. The summed E-state index contributed by atoms with van der Waals surface area (Å²) in [7, 11) is 0. The molecule has 1 nitrogen and oxygen atoms in total. The average Bonchev–Trinajstić information content (AvgIpc) is 1.65. The van der Waals surface area contributed by atoms with Crippen molar-refractivity contribution in [1.82, 2.24) is 0 Å². The second kappa shape index (κ2) is 4.16. The summed E-state index contributed by atoms with van der Waals surface area (Å²) in [4.78, 5) is 0. The van der Waals surface area contributed by atoms with Gasteiger partial charge in [-0.25, -0.2) is 5.11 Å². The van der Waals surface area contributed by atoms with E-state index in [1.807, 2.05) is 13.8 Å². The Bertz CT molecular complexity index is 54.5. The minimum absolute atomic E-state index is 0.248. The highest BCUT2D eigenvalue weighted by Gasteiger charge is 2.05. The van der Waals surface area contributed by atoms with Crippen molar-refractivity contribution in [3.8, 4) is 0 Å². The third-order valence-corrected chi connectivity index (χ3v) is 1.25. The van der Waals surface area contributed by atoms with Crippen molar-refractivity contribution in [2.75, 3.05) is 5.88 Å². The summed E-state index contributed by atoms with van der Waals surface area (Å²) in [6.07, 6.45) is 0.139. The van der Waals surface area contributed by atoms with Crippen LogP contribution in [-0.4, -0.2) is 12.0 Å². The van der Waals surface area contributed by atoms with Gasteiger partial charge in [0, 0.05) is 0 Å². The van der Waals surface area contributed by atoms with Crippen molar-refractivity contribution >= 4 is 11.6 Å². The van der Waals surface area contributed by atoms with Crippen LogP contribution in [0.15, 0.2) is 0 Å². The maximum Gasteiger partial charge on any atom is 0.107 e. The first-order valence-corrected chi connectivity index (χ1v) is 3.42. The first kappa shape index (κ1) is 8.25. The van der Waals surface area contributed by atoms with Crippen LogP contribution >= 0.6 is 11.6 Å². The Hall–Kier alpha value is 0.250. The zero-order valence-corrected chi connectivity index (χ0v) is 6.11. The number of rotatable bonds is 3. The largest absolute Gasteiger partial charge is 0.232 e. The molecule has 0 bridgehead atoms. The summed E-state index contributed by atoms with van der Waals surface area (Å²) in [6, 6.07) is 0. The molecular formula is C6H12ClO. The lowest BCUT2D eigenvalue weighted by molar-refractivity contribution is 0.0891. The van der Waals surface area contributed by atoms with Gasteiger partial charge in [-0.15, -0.1) is 11.6 Å². The van der Waals surface area contributed by atoms with Gasteiger partial charge in [0.25, 0.3) is 0 Å². The van der Waals surface area contributed by atoms with Gasteiger partial charge >= 0.3 is 0 Å². The van der Waals surface area contributed by atoms with Gasteiger partial charge < -0.3 is 0 Å². The third-order valence-electron chi connectivity index (χ3n) is 0.906. The van der Waals surface area contributed by atoms with Crippen LogP contribution in [0.5, 0.6) is 0 Å². The van der Waals surface area contributed by atoms with Gasteiger partial charge in [0.2, 0.25) is 0 Å². The van der Waals surface area contributed by atoms with Crippen LogP contribution in [0.3, 0.4) is 0 Å². The van der Waals surface area contributed by atoms with Crippen LogP contribution in [0, 0.1) is 5.92 Å². The van der Waals surface area contributed by atoms with E-state index in [9.17, 15) is 5.11 Å². The molecule has 0 N–H and O–H groups in total. The van der Waals surface area contributed by atoms with Crippen LogP contribution in [0.4, 0.5) is 0 Å². The monoisotopic (exact) mass is 135 g/mol. The minimum atomic E-state index is -0.559. The molecule has 1 radical (unpaired) electrons. The van der Waals surface area contributed by atoms with E-state index in [1.165, 1.54) is 0 Å². The Kier molecular flexibility index (Phi) is 4.29. The molecule has 1 unspecified atom stereocenters. The standard InChI is InChI=1S/C6H12ClO/c1-5(2)3-6(8)4-7/h5-6H,3-4H2,1-2H3. The molecule has 0 saturated heterocycles. The molecule has 0 aliphatic heterocycles. The van der Waals surface area contributed by atoms with E-state index >= 15 is 0 Å². The van der Waals surface area contributed by atoms with Crippen LogP contribution < -0.4 is 0 Å². The summed E-state index contributed by atoms with van der Waals surface area (Å²) in [5.74, 6) is 0.731. The Morgan fingerprint density at radius 3 is 2.12 bits per heavy atom. The summed E-state index contributed by atoms with van der Waals surface area (Å²) < 4.78 is 0. The zero-order valence-electron chi connectivity index (χ0n) is 5.36. The van der Waals surface area contributed by atoms with Gasteiger partial charge in [0.1, 0.15) is 6.10 Å². The van der Waals surface area contributed by atoms with Crippen molar-refractivity contribution in [3.05, 3.63) is 0 Å². The molecule has 2 heteroatoms. The Morgan fingerprint density at radius 2 is 2.00 bits per heavy atom. The van der Waals surface area contributed by atoms with E-state index in [-0.39, 0.29) is 5.88 Å². The molecule has 0 saturated carbocycles. The van der Waals surface area contributed by atoms with Crippen LogP contribution in [0.1, 0.15) is 20.3 Å². The average molecular weight is 136 g/mol. The predicted molar refractivity (Wildman–Crippen MR) is 34.6 cm³/mol. The van der Waals surface area contributed by atoms with Gasteiger partial charge in [0.15, 0.2) is 0 Å². The fraction of sp³-hybridized carbons (Fsp3) is 1.00. The van der Waals surface area contributed by atoms with Gasteiger partial charge in [-0.3, -0.25) is 0 Å². The van der Waals surface area contributed by atoms with E-state index in [1.54, 1.807) is 0 Å². The second-order valence-electron chi connectivity index (χ2n) is 2.41. The van der Waals surface area contributed by atoms with Gasteiger partial charge in [-0.2, -0.15) is 0 Å². The SMILES string of the molecule is CC(C)CC([O])CCl. The summed E-state index contributed by atoms with van der Waals surface area (Å²) >= 11 is 5.28. The molecule has 0 aromatic rings. The van der Waals surface area contributed by atoms with E-state index < -0.39 is 6.10 Å². The zero-order chi connectivity index (χ0) is 6.57.